The molecule has 5 rings (SSSR count). The second-order valence-corrected chi connectivity index (χ2v) is 16.2. The van der Waals surface area contributed by atoms with Crippen LogP contribution in [0.25, 0.3) is 0 Å². The second kappa shape index (κ2) is 9.31. The van der Waals surface area contributed by atoms with E-state index in [0.717, 1.165) is 25.7 Å². The third-order valence-corrected chi connectivity index (χ3v) is 13.2. The van der Waals surface area contributed by atoms with Gasteiger partial charge in [-0.1, -0.05) is 54.5 Å². The van der Waals surface area contributed by atoms with Gasteiger partial charge in [0.1, 0.15) is 6.07 Å². The first-order chi connectivity index (χ1) is 18.7. The lowest BCUT2D eigenvalue weighted by Crippen LogP contribution is -2.68. The zero-order valence-corrected chi connectivity index (χ0v) is 25.5. The molecule has 5 aliphatic carbocycles. The van der Waals surface area contributed by atoms with Gasteiger partial charge in [0, 0.05) is 5.41 Å². The number of nitrogens with zero attached hydrogens (tertiary/aromatic N) is 1. The van der Waals surface area contributed by atoms with Crippen LogP contribution < -0.4 is 0 Å². The van der Waals surface area contributed by atoms with Crippen molar-refractivity contribution in [3.63, 3.8) is 0 Å². The van der Waals surface area contributed by atoms with Crippen LogP contribution in [0.3, 0.4) is 0 Å². The summed E-state index contributed by atoms with van der Waals surface area (Å²) in [5.41, 5.74) is -1.62. The van der Waals surface area contributed by atoms with Crippen molar-refractivity contribution >= 4 is 11.8 Å². The molecule has 0 amide bonds. The fourth-order valence-electron chi connectivity index (χ4n) is 11.5. The number of fused-ring (bicyclic) bond motifs is 7. The Labute approximate surface area is 242 Å². The molecule has 0 aliphatic heterocycles. The summed E-state index contributed by atoms with van der Waals surface area (Å²) in [6.45, 7) is 13.3. The van der Waals surface area contributed by atoms with Crippen molar-refractivity contribution in [3.05, 3.63) is 11.6 Å². The molecule has 41 heavy (non-hydrogen) atoms. The first kappa shape index (κ1) is 30.6. The Morgan fingerprint density at radius 2 is 1.66 bits per heavy atom. The van der Waals surface area contributed by atoms with Gasteiger partial charge in [-0.05, 0) is 96.2 Å². The highest BCUT2D eigenvalue weighted by Crippen LogP contribution is 2.75. The van der Waals surface area contributed by atoms with E-state index >= 15 is 0 Å². The number of hydrogen-bond acceptors (Lipinski definition) is 5. The van der Waals surface area contributed by atoms with E-state index in [9.17, 15) is 33.1 Å². The van der Waals surface area contributed by atoms with E-state index in [4.69, 9.17) is 4.74 Å². The van der Waals surface area contributed by atoms with E-state index in [1.54, 1.807) is 0 Å². The van der Waals surface area contributed by atoms with E-state index < -0.39 is 41.6 Å². The first-order valence-electron chi connectivity index (χ1n) is 15.3. The largest absolute Gasteiger partial charge is 0.456 e. The van der Waals surface area contributed by atoms with E-state index in [1.165, 1.54) is 0 Å². The molecule has 5 nitrogen and oxygen atoms in total. The number of carbonyl (C=O) groups excluding carboxylic acids is 2. The monoisotopic (exact) mass is 577 g/mol. The number of aliphatic hydroxyl groups excluding tert-OH is 1. The molecular formula is C33H46F3NO4. The average molecular weight is 578 g/mol. The molecule has 8 heteroatoms. The maximum absolute atomic E-state index is 13.2. The zero-order chi connectivity index (χ0) is 30.6. The molecule has 0 bridgehead atoms. The molecule has 0 aromatic carbocycles. The number of nitriles is 1. The van der Waals surface area contributed by atoms with Gasteiger partial charge in [0.25, 0.3) is 0 Å². The Morgan fingerprint density at radius 3 is 2.27 bits per heavy atom. The van der Waals surface area contributed by atoms with E-state index in [0.29, 0.717) is 19.3 Å². The summed E-state index contributed by atoms with van der Waals surface area (Å²) in [7, 11) is 0. The molecule has 5 aliphatic rings. The lowest BCUT2D eigenvalue weighted by molar-refractivity contribution is -0.251. The highest BCUT2D eigenvalue weighted by molar-refractivity contribution is 6.04. The molecule has 3 unspecified atom stereocenters. The van der Waals surface area contributed by atoms with Gasteiger partial charge in [-0.3, -0.25) is 9.59 Å². The molecule has 10 atom stereocenters. The molecule has 4 fully saturated rings. The van der Waals surface area contributed by atoms with Crippen molar-refractivity contribution in [3.8, 4) is 6.07 Å². The summed E-state index contributed by atoms with van der Waals surface area (Å²) < 4.78 is 43.5. The average Bonchev–Trinajstić information content (AvgIpc) is 2.84. The van der Waals surface area contributed by atoms with Gasteiger partial charge in [0.05, 0.1) is 17.6 Å². The van der Waals surface area contributed by atoms with Gasteiger partial charge in [0.15, 0.2) is 12.4 Å². The molecule has 4 saturated carbocycles. The van der Waals surface area contributed by atoms with Crippen LogP contribution in [0.4, 0.5) is 13.2 Å². The fraction of sp³-hybridized carbons (Fsp3) is 0.848. The second-order valence-electron chi connectivity index (χ2n) is 16.2. The number of allylic oxidation sites excluding steroid dienone is 2. The highest BCUT2D eigenvalue weighted by Gasteiger charge is 2.71. The van der Waals surface area contributed by atoms with Gasteiger partial charge in [0.2, 0.25) is 0 Å². The number of hydrogen-bond donors (Lipinski definition) is 1. The molecule has 0 spiro atoms. The Morgan fingerprint density at radius 1 is 1.02 bits per heavy atom. The van der Waals surface area contributed by atoms with E-state index in [1.807, 2.05) is 19.9 Å². The topological polar surface area (TPSA) is 87.4 Å². The van der Waals surface area contributed by atoms with Crippen LogP contribution in [-0.2, 0) is 14.3 Å². The highest BCUT2D eigenvalue weighted by atomic mass is 19.4. The number of alkyl halides is 3. The third-order valence-electron chi connectivity index (χ3n) is 13.2. The van der Waals surface area contributed by atoms with Crippen LogP contribution in [0.5, 0.6) is 0 Å². The molecule has 0 aromatic heterocycles. The minimum Gasteiger partial charge on any atom is -0.456 e. The van der Waals surface area contributed by atoms with Crippen LogP contribution in [0.15, 0.2) is 11.6 Å². The minimum atomic E-state index is -4.57. The van der Waals surface area contributed by atoms with Gasteiger partial charge in [-0.15, -0.1) is 0 Å². The number of Topliss-reactive ketones (excluding diaryl/α,β-unsaturated/α-hetero) is 1. The lowest BCUT2D eigenvalue weighted by atomic mass is 9.32. The lowest BCUT2D eigenvalue weighted by Gasteiger charge is -2.72. The summed E-state index contributed by atoms with van der Waals surface area (Å²) in [4.78, 5) is 26.3. The van der Waals surface area contributed by atoms with Crippen molar-refractivity contribution in [2.45, 2.75) is 106 Å². The molecule has 0 aromatic rings. The molecule has 0 radical (unpaired) electrons. The zero-order valence-electron chi connectivity index (χ0n) is 25.5. The smallest absolute Gasteiger partial charge is 0.422 e. The minimum absolute atomic E-state index is 0.00572. The summed E-state index contributed by atoms with van der Waals surface area (Å²) >= 11 is 0. The summed E-state index contributed by atoms with van der Waals surface area (Å²) in [6.07, 6.45) is 1.75. The molecule has 228 valence electrons. The SMILES string of the molecule is CC1(C)CC2C(CC[C@]3(C)C2[C@H](O)C[C@@H]2[C@@]4(C)C=C(C#N)C(=O)C(C)(C)[C@@H]4CC[C@]23C)[C@H](C(=O)OCC(F)(F)F)C1. The van der Waals surface area contributed by atoms with Crippen LogP contribution in [0, 0.1) is 73.9 Å². The Balaban J connectivity index is 1.53. The molecular weight excluding hydrogens is 531 g/mol. The predicted octanol–water partition coefficient (Wildman–Crippen LogP) is 7.04. The number of carbonyl (C=O) groups is 2. The van der Waals surface area contributed by atoms with Crippen LogP contribution in [0.1, 0.15) is 93.4 Å². The van der Waals surface area contributed by atoms with Crippen LogP contribution in [-0.4, -0.2) is 35.7 Å². The quantitative estimate of drug-likeness (QED) is 0.356. The first-order valence-corrected chi connectivity index (χ1v) is 15.3. The Bertz CT molecular complexity index is 1200. The summed E-state index contributed by atoms with van der Waals surface area (Å²) in [6, 6.07) is 2.17. The van der Waals surface area contributed by atoms with E-state index in [-0.39, 0.29) is 57.2 Å². The van der Waals surface area contributed by atoms with Crippen molar-refractivity contribution in [2.24, 2.45) is 62.6 Å². The summed E-state index contributed by atoms with van der Waals surface area (Å²) in [5.74, 6) is -1.59. The maximum atomic E-state index is 13.2. The van der Waals surface area contributed by atoms with Crippen molar-refractivity contribution in [2.75, 3.05) is 6.61 Å². The molecule has 0 heterocycles. The van der Waals surface area contributed by atoms with Gasteiger partial charge >= 0.3 is 12.1 Å². The number of rotatable bonds is 2. The van der Waals surface area contributed by atoms with Crippen molar-refractivity contribution in [1.29, 1.82) is 5.26 Å². The summed E-state index contributed by atoms with van der Waals surface area (Å²) in [5, 5.41) is 22.0. The fourth-order valence-corrected chi connectivity index (χ4v) is 11.5. The number of aliphatic hydroxyl groups is 1. The predicted molar refractivity (Wildman–Crippen MR) is 147 cm³/mol. The van der Waals surface area contributed by atoms with E-state index in [2.05, 4.69) is 40.7 Å². The normalized spacial score (nSPS) is 46.5. The van der Waals surface area contributed by atoms with Gasteiger partial charge in [-0.2, -0.15) is 18.4 Å². The number of ether oxygens (including phenoxy) is 1. The Hall–Kier alpha value is -1.88. The number of halogens is 3. The third kappa shape index (κ3) is 4.42. The van der Waals surface area contributed by atoms with Crippen LogP contribution in [0.2, 0.25) is 0 Å². The van der Waals surface area contributed by atoms with Crippen molar-refractivity contribution in [1.82, 2.24) is 0 Å². The Kier molecular flexibility index (Phi) is 6.94. The van der Waals surface area contributed by atoms with Gasteiger partial charge < -0.3 is 9.84 Å². The molecule has 1 N–H and O–H groups in total. The maximum Gasteiger partial charge on any atom is 0.422 e. The number of esters is 1. The van der Waals surface area contributed by atoms with Crippen molar-refractivity contribution < 1.29 is 32.6 Å². The standard InChI is InChI=1S/C33H46F3NO4/c1-28(2)14-20-19(21(15-28)27(40)41-17-33(34,35)36)8-10-32(7)25(20)22(38)12-24-30(5)13-18(16-37)26(39)29(3,4)23(30)9-11-31(24,32)6/h13,19-25,38H,8-12,14-15,17H2,1-7H3/t19?,20?,21-,22-,23+,24-,25?,30+,31-,32-/m1/s1. The van der Waals surface area contributed by atoms with Crippen LogP contribution >= 0.6 is 0 Å². The number of ketones is 1. The molecule has 0 saturated heterocycles. The van der Waals surface area contributed by atoms with Gasteiger partial charge in [-0.25, -0.2) is 0 Å².